The lowest BCUT2D eigenvalue weighted by Gasteiger charge is -2.37. The Labute approximate surface area is 144 Å². The number of rotatable bonds is 5. The quantitative estimate of drug-likeness (QED) is 0.837. The van der Waals surface area contributed by atoms with E-state index in [1.807, 2.05) is 67.6 Å². The number of morpholine rings is 1. The molecule has 1 saturated heterocycles. The van der Waals surface area contributed by atoms with E-state index in [2.05, 4.69) is 0 Å². The molecule has 0 aliphatic carbocycles. The van der Waals surface area contributed by atoms with Crippen molar-refractivity contribution in [1.82, 2.24) is 4.31 Å². The van der Waals surface area contributed by atoms with Crippen LogP contribution in [-0.4, -0.2) is 38.0 Å². The zero-order valence-corrected chi connectivity index (χ0v) is 14.7. The van der Waals surface area contributed by atoms with E-state index < -0.39 is 10.0 Å². The smallest absolute Gasteiger partial charge is 0.218 e. The van der Waals surface area contributed by atoms with Crippen LogP contribution in [0.25, 0.3) is 0 Å². The first-order valence-corrected chi connectivity index (χ1v) is 9.84. The summed E-state index contributed by atoms with van der Waals surface area (Å²) in [5.74, 6) is 0.0379. The van der Waals surface area contributed by atoms with Crippen molar-refractivity contribution in [2.75, 3.05) is 13.2 Å². The minimum absolute atomic E-state index is 0.0379. The van der Waals surface area contributed by atoms with Gasteiger partial charge in [-0.2, -0.15) is 4.31 Å². The minimum atomic E-state index is -3.36. The van der Waals surface area contributed by atoms with Gasteiger partial charge in [0, 0.05) is 12.6 Å². The average molecular weight is 345 g/mol. The summed E-state index contributed by atoms with van der Waals surface area (Å²) >= 11 is 0. The second kappa shape index (κ2) is 7.47. The molecule has 128 valence electrons. The fourth-order valence-electron chi connectivity index (χ4n) is 3.05. The molecule has 1 heterocycles. The summed E-state index contributed by atoms with van der Waals surface area (Å²) in [4.78, 5) is 0. The van der Waals surface area contributed by atoms with Crippen molar-refractivity contribution in [3.05, 3.63) is 71.8 Å². The van der Waals surface area contributed by atoms with Crippen molar-refractivity contribution in [3.63, 3.8) is 0 Å². The van der Waals surface area contributed by atoms with E-state index in [1.54, 1.807) is 4.31 Å². The van der Waals surface area contributed by atoms with E-state index in [1.165, 1.54) is 0 Å². The molecule has 24 heavy (non-hydrogen) atoms. The molecule has 1 fully saturated rings. The highest BCUT2D eigenvalue weighted by Crippen LogP contribution is 2.21. The van der Waals surface area contributed by atoms with Crippen LogP contribution in [0.5, 0.6) is 0 Å². The number of hydrogen-bond donors (Lipinski definition) is 0. The summed E-state index contributed by atoms with van der Waals surface area (Å²) in [5.41, 5.74) is 1.98. The van der Waals surface area contributed by atoms with Crippen LogP contribution in [0.15, 0.2) is 60.7 Å². The average Bonchev–Trinajstić information content (AvgIpc) is 2.58. The molecule has 5 heteroatoms. The van der Waals surface area contributed by atoms with Crippen LogP contribution in [0.1, 0.15) is 18.1 Å². The van der Waals surface area contributed by atoms with E-state index in [0.717, 1.165) is 17.5 Å². The lowest BCUT2D eigenvalue weighted by Crippen LogP contribution is -2.51. The Hall–Kier alpha value is -1.69. The van der Waals surface area contributed by atoms with E-state index in [0.29, 0.717) is 13.2 Å². The zero-order valence-electron chi connectivity index (χ0n) is 13.8. The van der Waals surface area contributed by atoms with Crippen LogP contribution in [0, 0.1) is 0 Å². The van der Waals surface area contributed by atoms with Crippen LogP contribution in [-0.2, 0) is 26.9 Å². The summed E-state index contributed by atoms with van der Waals surface area (Å²) in [6.45, 7) is 2.75. The van der Waals surface area contributed by atoms with Gasteiger partial charge in [0.2, 0.25) is 10.0 Å². The van der Waals surface area contributed by atoms with Gasteiger partial charge in [0.25, 0.3) is 0 Å². The summed E-state index contributed by atoms with van der Waals surface area (Å²) in [5, 5.41) is 0. The number of hydrogen-bond acceptors (Lipinski definition) is 3. The van der Waals surface area contributed by atoms with E-state index >= 15 is 0 Å². The zero-order chi connectivity index (χ0) is 17.0. The third kappa shape index (κ3) is 4.23. The van der Waals surface area contributed by atoms with Crippen molar-refractivity contribution in [3.8, 4) is 0 Å². The molecule has 0 N–H and O–H groups in total. The third-order valence-electron chi connectivity index (χ3n) is 4.30. The lowest BCUT2D eigenvalue weighted by molar-refractivity contribution is -0.0265. The summed E-state index contributed by atoms with van der Waals surface area (Å²) in [6, 6.07) is 19.2. The van der Waals surface area contributed by atoms with Gasteiger partial charge in [0.15, 0.2) is 0 Å². The van der Waals surface area contributed by atoms with Gasteiger partial charge in [-0.1, -0.05) is 60.7 Å². The van der Waals surface area contributed by atoms with Crippen LogP contribution < -0.4 is 0 Å². The standard InChI is InChI=1S/C19H23NO3S/c1-16-14-23-19(12-17-8-4-2-5-9-17)13-20(16)24(21,22)15-18-10-6-3-7-11-18/h2-11,16,19H,12-15H2,1H3. The second-order valence-electron chi connectivity index (χ2n) is 6.31. The molecule has 2 atom stereocenters. The number of nitrogens with zero attached hydrogens (tertiary/aromatic N) is 1. The Balaban J connectivity index is 1.71. The normalized spacial score (nSPS) is 22.4. The predicted molar refractivity (Wildman–Crippen MR) is 95.1 cm³/mol. The number of sulfonamides is 1. The molecule has 4 nitrogen and oxygen atoms in total. The van der Waals surface area contributed by atoms with Crippen LogP contribution >= 0.6 is 0 Å². The summed E-state index contributed by atoms with van der Waals surface area (Å²) in [6.07, 6.45) is 0.624. The van der Waals surface area contributed by atoms with Gasteiger partial charge < -0.3 is 4.74 Å². The van der Waals surface area contributed by atoms with Crippen molar-refractivity contribution in [2.24, 2.45) is 0 Å². The van der Waals surface area contributed by atoms with Gasteiger partial charge in [-0.05, 0) is 24.5 Å². The Morgan fingerprint density at radius 2 is 1.58 bits per heavy atom. The van der Waals surface area contributed by atoms with Crippen molar-refractivity contribution in [1.29, 1.82) is 0 Å². The van der Waals surface area contributed by atoms with Crippen LogP contribution in [0.2, 0.25) is 0 Å². The van der Waals surface area contributed by atoms with Gasteiger partial charge >= 0.3 is 0 Å². The van der Waals surface area contributed by atoms with Gasteiger partial charge in [0.05, 0.1) is 18.5 Å². The molecule has 2 unspecified atom stereocenters. The van der Waals surface area contributed by atoms with Crippen molar-refractivity contribution >= 4 is 10.0 Å². The lowest BCUT2D eigenvalue weighted by atomic mass is 10.1. The predicted octanol–water partition coefficient (Wildman–Crippen LogP) is 2.85. The first-order valence-electron chi connectivity index (χ1n) is 8.23. The summed E-state index contributed by atoms with van der Waals surface area (Å²) < 4.78 is 33.1. The molecule has 0 aromatic heterocycles. The molecule has 1 aliphatic heterocycles. The largest absolute Gasteiger partial charge is 0.375 e. The molecule has 2 aromatic carbocycles. The highest BCUT2D eigenvalue weighted by atomic mass is 32.2. The maximum absolute atomic E-state index is 12.8. The molecule has 0 radical (unpaired) electrons. The van der Waals surface area contributed by atoms with Gasteiger partial charge in [-0.3, -0.25) is 0 Å². The Bertz CT molecular complexity index is 747. The number of benzene rings is 2. The molecule has 0 spiro atoms. The van der Waals surface area contributed by atoms with E-state index in [9.17, 15) is 8.42 Å². The maximum Gasteiger partial charge on any atom is 0.218 e. The number of ether oxygens (including phenoxy) is 1. The first kappa shape index (κ1) is 17.1. The SMILES string of the molecule is CC1COC(Cc2ccccc2)CN1S(=O)(=O)Cc1ccccc1. The topological polar surface area (TPSA) is 46.6 Å². The Morgan fingerprint density at radius 3 is 2.21 bits per heavy atom. The van der Waals surface area contributed by atoms with Gasteiger partial charge in [-0.25, -0.2) is 8.42 Å². The highest BCUT2D eigenvalue weighted by Gasteiger charge is 2.34. The van der Waals surface area contributed by atoms with Crippen molar-refractivity contribution in [2.45, 2.75) is 31.2 Å². The monoisotopic (exact) mass is 345 g/mol. The minimum Gasteiger partial charge on any atom is -0.375 e. The molecular weight excluding hydrogens is 322 g/mol. The molecule has 3 rings (SSSR count). The molecule has 2 aromatic rings. The second-order valence-corrected chi connectivity index (χ2v) is 8.23. The van der Waals surface area contributed by atoms with Crippen LogP contribution in [0.3, 0.4) is 0 Å². The first-order chi connectivity index (χ1) is 11.5. The molecule has 1 aliphatic rings. The molecule has 0 amide bonds. The van der Waals surface area contributed by atoms with Gasteiger partial charge in [-0.15, -0.1) is 0 Å². The molecular formula is C19H23NO3S. The van der Waals surface area contributed by atoms with Crippen LogP contribution in [0.4, 0.5) is 0 Å². The van der Waals surface area contributed by atoms with Crippen molar-refractivity contribution < 1.29 is 13.2 Å². The molecule has 0 bridgehead atoms. The highest BCUT2D eigenvalue weighted by molar-refractivity contribution is 7.88. The van der Waals surface area contributed by atoms with E-state index in [4.69, 9.17) is 4.74 Å². The summed E-state index contributed by atoms with van der Waals surface area (Å²) in [7, 11) is -3.36. The Morgan fingerprint density at radius 1 is 1.00 bits per heavy atom. The van der Waals surface area contributed by atoms with Gasteiger partial charge in [0.1, 0.15) is 0 Å². The Kier molecular flexibility index (Phi) is 5.33. The third-order valence-corrected chi connectivity index (χ3v) is 6.23. The maximum atomic E-state index is 12.8. The molecule has 0 saturated carbocycles. The van der Waals surface area contributed by atoms with E-state index in [-0.39, 0.29) is 17.9 Å². The fourth-order valence-corrected chi connectivity index (χ4v) is 4.83. The fraction of sp³-hybridized carbons (Fsp3) is 0.368.